The largest absolute Gasteiger partial charge is 0.357 e. The highest BCUT2D eigenvalue weighted by Gasteiger charge is 2.21. The van der Waals surface area contributed by atoms with Gasteiger partial charge < -0.3 is 15.2 Å². The number of halogens is 1. The van der Waals surface area contributed by atoms with Gasteiger partial charge in [0.1, 0.15) is 12.4 Å². The molecule has 6 nitrogen and oxygen atoms in total. The molecule has 2 N–H and O–H groups in total. The van der Waals surface area contributed by atoms with Crippen molar-refractivity contribution in [3.63, 3.8) is 0 Å². The summed E-state index contributed by atoms with van der Waals surface area (Å²) in [6.45, 7) is 10.6. The number of hydrogen-bond acceptors (Lipinski definition) is 4. The molecule has 0 unspecified atom stereocenters. The third-order valence-electron chi connectivity index (χ3n) is 3.79. The molecule has 0 atom stereocenters. The molecule has 2 aromatic heterocycles. The molecule has 0 amide bonds. The average Bonchev–Trinajstić information content (AvgIpc) is 3.15. The Morgan fingerprint density at radius 3 is 2.62 bits per heavy atom. The Hall–Kier alpha value is -1.16. The lowest BCUT2D eigenvalue weighted by Crippen LogP contribution is -2.43. The molecule has 0 aliphatic heterocycles. The molecule has 0 aliphatic rings. The zero-order valence-corrected chi connectivity index (χ0v) is 18.1. The van der Waals surface area contributed by atoms with E-state index in [0.29, 0.717) is 6.54 Å². The van der Waals surface area contributed by atoms with Gasteiger partial charge in [0.05, 0.1) is 0 Å². The molecule has 0 spiro atoms. The zero-order chi connectivity index (χ0) is 16.9. The van der Waals surface area contributed by atoms with Crippen molar-refractivity contribution in [1.29, 1.82) is 0 Å². The molecule has 0 bridgehead atoms. The summed E-state index contributed by atoms with van der Waals surface area (Å²) in [5, 5.41) is 17.0. The molecule has 0 saturated carbocycles. The van der Waals surface area contributed by atoms with Crippen LogP contribution < -0.4 is 10.6 Å². The van der Waals surface area contributed by atoms with E-state index in [0.717, 1.165) is 30.7 Å². The Balaban J connectivity index is 0.00000288. The first-order chi connectivity index (χ1) is 10.9. The van der Waals surface area contributed by atoms with Crippen molar-refractivity contribution in [2.24, 2.45) is 12.0 Å². The number of aromatic nitrogens is 3. The van der Waals surface area contributed by atoms with E-state index in [-0.39, 0.29) is 29.4 Å². The van der Waals surface area contributed by atoms with Crippen LogP contribution in [0.5, 0.6) is 0 Å². The molecule has 0 radical (unpaired) electrons. The minimum absolute atomic E-state index is 0. The number of aryl methyl sites for hydroxylation is 1. The molecular weight excluding hydrogens is 435 g/mol. The summed E-state index contributed by atoms with van der Waals surface area (Å²) in [6.07, 6.45) is 0. The van der Waals surface area contributed by atoms with E-state index in [2.05, 4.69) is 64.1 Å². The molecule has 8 heteroatoms. The minimum atomic E-state index is 0. The van der Waals surface area contributed by atoms with Crippen LogP contribution in [-0.4, -0.2) is 33.8 Å². The number of aliphatic imine (C=N–C) groups is 1. The third-order valence-corrected chi connectivity index (χ3v) is 5.03. The van der Waals surface area contributed by atoms with E-state index in [9.17, 15) is 0 Å². The smallest absolute Gasteiger partial charge is 0.191 e. The van der Waals surface area contributed by atoms with Crippen molar-refractivity contribution in [3.8, 4) is 0 Å². The molecule has 0 aliphatic carbocycles. The maximum absolute atomic E-state index is 4.62. The van der Waals surface area contributed by atoms with Crippen LogP contribution in [0.1, 0.15) is 37.3 Å². The SMILES string of the molecule is CCNC(=NCc1nnc(C)n1C)NCC(C)(C)c1cccs1.I. The zero-order valence-electron chi connectivity index (χ0n) is 15.0. The lowest BCUT2D eigenvalue weighted by atomic mass is 9.91. The van der Waals surface area contributed by atoms with E-state index < -0.39 is 0 Å². The normalized spacial score (nSPS) is 12.0. The fourth-order valence-electron chi connectivity index (χ4n) is 2.14. The van der Waals surface area contributed by atoms with Crippen LogP contribution in [-0.2, 0) is 19.0 Å². The van der Waals surface area contributed by atoms with Crippen molar-refractivity contribution in [1.82, 2.24) is 25.4 Å². The van der Waals surface area contributed by atoms with Crippen LogP contribution in [0.2, 0.25) is 0 Å². The fourth-order valence-corrected chi connectivity index (χ4v) is 2.99. The van der Waals surface area contributed by atoms with E-state index in [1.165, 1.54) is 4.88 Å². The molecule has 24 heavy (non-hydrogen) atoms. The van der Waals surface area contributed by atoms with Crippen molar-refractivity contribution in [2.75, 3.05) is 13.1 Å². The van der Waals surface area contributed by atoms with Gasteiger partial charge in [-0.1, -0.05) is 19.9 Å². The molecule has 0 saturated heterocycles. The quantitative estimate of drug-likeness (QED) is 0.394. The van der Waals surface area contributed by atoms with Gasteiger partial charge in [0, 0.05) is 30.4 Å². The number of nitrogens with zero attached hydrogens (tertiary/aromatic N) is 4. The van der Waals surface area contributed by atoms with Crippen molar-refractivity contribution < 1.29 is 0 Å². The van der Waals surface area contributed by atoms with Gasteiger partial charge >= 0.3 is 0 Å². The summed E-state index contributed by atoms with van der Waals surface area (Å²) in [5.41, 5.74) is 0.0612. The summed E-state index contributed by atoms with van der Waals surface area (Å²) in [4.78, 5) is 5.98. The third kappa shape index (κ3) is 5.44. The number of thiophene rings is 1. The van der Waals surface area contributed by atoms with E-state index in [4.69, 9.17) is 0 Å². The Morgan fingerprint density at radius 1 is 1.33 bits per heavy atom. The van der Waals surface area contributed by atoms with E-state index >= 15 is 0 Å². The molecule has 0 aromatic carbocycles. The average molecular weight is 462 g/mol. The topological polar surface area (TPSA) is 67.1 Å². The van der Waals surface area contributed by atoms with Crippen LogP contribution in [0.4, 0.5) is 0 Å². The first-order valence-electron chi connectivity index (χ1n) is 7.85. The van der Waals surface area contributed by atoms with Crippen LogP contribution in [0.3, 0.4) is 0 Å². The molecule has 134 valence electrons. The number of guanidine groups is 1. The summed E-state index contributed by atoms with van der Waals surface area (Å²) >= 11 is 1.79. The van der Waals surface area contributed by atoms with Gasteiger partial charge in [-0.15, -0.1) is 45.5 Å². The maximum Gasteiger partial charge on any atom is 0.191 e. The number of nitrogens with one attached hydrogen (secondary N) is 2. The van der Waals surface area contributed by atoms with Crippen molar-refractivity contribution >= 4 is 41.3 Å². The van der Waals surface area contributed by atoms with Gasteiger partial charge in [-0.25, -0.2) is 4.99 Å². The van der Waals surface area contributed by atoms with Gasteiger partial charge in [-0.05, 0) is 25.3 Å². The highest BCUT2D eigenvalue weighted by atomic mass is 127. The van der Waals surface area contributed by atoms with Gasteiger partial charge in [-0.2, -0.15) is 0 Å². The second-order valence-corrected chi connectivity index (χ2v) is 7.08. The molecule has 2 aromatic rings. The first kappa shape index (κ1) is 20.9. The van der Waals surface area contributed by atoms with Gasteiger partial charge in [0.25, 0.3) is 0 Å². The Labute approximate surface area is 165 Å². The first-order valence-corrected chi connectivity index (χ1v) is 8.73. The molecule has 0 fully saturated rings. The lowest BCUT2D eigenvalue weighted by Gasteiger charge is -2.25. The predicted octanol–water partition coefficient (Wildman–Crippen LogP) is 2.84. The Kier molecular flexibility index (Phi) is 8.14. The lowest BCUT2D eigenvalue weighted by molar-refractivity contribution is 0.518. The molecule has 2 heterocycles. The summed E-state index contributed by atoms with van der Waals surface area (Å²) < 4.78 is 1.96. The van der Waals surface area contributed by atoms with Crippen LogP contribution in [0, 0.1) is 6.92 Å². The van der Waals surface area contributed by atoms with Gasteiger partial charge in [0.15, 0.2) is 11.8 Å². The van der Waals surface area contributed by atoms with E-state index in [1.54, 1.807) is 11.3 Å². The number of hydrogen-bond donors (Lipinski definition) is 2. The monoisotopic (exact) mass is 462 g/mol. The standard InChI is InChI=1S/C16H26N6S.HI/c1-6-17-15(18-10-14-21-20-12(2)22(14)5)19-11-16(3,4)13-8-7-9-23-13;/h7-9H,6,10-11H2,1-5H3,(H2,17,18,19);1H. The summed E-state index contributed by atoms with van der Waals surface area (Å²) in [7, 11) is 1.96. The second-order valence-electron chi connectivity index (χ2n) is 6.13. The summed E-state index contributed by atoms with van der Waals surface area (Å²) in [6, 6.07) is 4.27. The van der Waals surface area contributed by atoms with Crippen molar-refractivity contribution in [3.05, 3.63) is 34.0 Å². The fraction of sp³-hybridized carbons (Fsp3) is 0.562. The summed E-state index contributed by atoms with van der Waals surface area (Å²) in [5.74, 6) is 2.56. The van der Waals surface area contributed by atoms with Crippen LogP contribution in [0.15, 0.2) is 22.5 Å². The predicted molar refractivity (Wildman–Crippen MR) is 111 cm³/mol. The minimum Gasteiger partial charge on any atom is -0.357 e. The highest BCUT2D eigenvalue weighted by molar-refractivity contribution is 14.0. The Morgan fingerprint density at radius 2 is 2.08 bits per heavy atom. The van der Waals surface area contributed by atoms with Gasteiger partial charge in [-0.3, -0.25) is 0 Å². The van der Waals surface area contributed by atoms with E-state index in [1.807, 2.05) is 18.5 Å². The van der Waals surface area contributed by atoms with Crippen LogP contribution in [0.25, 0.3) is 0 Å². The molecule has 2 rings (SSSR count). The Bertz CT molecular complexity index is 648. The maximum atomic E-state index is 4.62. The highest BCUT2D eigenvalue weighted by Crippen LogP contribution is 2.26. The van der Waals surface area contributed by atoms with Gasteiger partial charge in [0.2, 0.25) is 0 Å². The number of rotatable bonds is 6. The second kappa shape index (κ2) is 9.36. The molecular formula is C16H27IN6S. The van der Waals surface area contributed by atoms with Crippen molar-refractivity contribution in [2.45, 2.75) is 39.7 Å². The van der Waals surface area contributed by atoms with Crippen LogP contribution >= 0.6 is 35.3 Å².